The molecular formula is C10H8Br2O2. The van der Waals surface area contributed by atoms with Crippen molar-refractivity contribution in [3.8, 4) is 0 Å². The first-order valence-electron chi connectivity index (χ1n) is 4.27. The molecule has 4 heteroatoms. The van der Waals surface area contributed by atoms with Crippen LogP contribution in [0.15, 0.2) is 27.1 Å². The topological polar surface area (TPSA) is 37.3 Å². The molecule has 1 aliphatic carbocycles. The number of carbonyl (C=O) groups is 1. The van der Waals surface area contributed by atoms with Crippen molar-refractivity contribution in [2.45, 2.75) is 12.3 Å². The van der Waals surface area contributed by atoms with Crippen molar-refractivity contribution < 1.29 is 9.90 Å². The third-order valence-electron chi connectivity index (χ3n) is 2.48. The Bertz CT molecular complexity index is 390. The molecule has 2 nitrogen and oxygen atoms in total. The molecule has 2 rings (SSSR count). The lowest BCUT2D eigenvalue weighted by molar-refractivity contribution is -0.138. The van der Waals surface area contributed by atoms with E-state index in [1.54, 1.807) is 0 Å². The van der Waals surface area contributed by atoms with Crippen molar-refractivity contribution in [1.29, 1.82) is 0 Å². The number of benzene rings is 1. The Morgan fingerprint density at radius 2 is 2.07 bits per heavy atom. The van der Waals surface area contributed by atoms with Crippen molar-refractivity contribution in [3.63, 3.8) is 0 Å². The third-order valence-corrected chi connectivity index (χ3v) is 4.36. The second-order valence-corrected chi connectivity index (χ2v) is 5.17. The minimum Gasteiger partial charge on any atom is -0.481 e. The Morgan fingerprint density at radius 3 is 2.57 bits per heavy atom. The van der Waals surface area contributed by atoms with Gasteiger partial charge >= 0.3 is 5.97 Å². The van der Waals surface area contributed by atoms with Crippen LogP contribution in [0.1, 0.15) is 17.9 Å². The molecule has 14 heavy (non-hydrogen) atoms. The highest BCUT2D eigenvalue weighted by Gasteiger charge is 2.44. The highest BCUT2D eigenvalue weighted by atomic mass is 79.9. The van der Waals surface area contributed by atoms with Crippen LogP contribution in [0.4, 0.5) is 0 Å². The molecule has 2 unspecified atom stereocenters. The van der Waals surface area contributed by atoms with E-state index in [-0.39, 0.29) is 11.8 Å². The Balaban J connectivity index is 2.20. The van der Waals surface area contributed by atoms with E-state index >= 15 is 0 Å². The number of hydrogen-bond donors (Lipinski definition) is 1. The fraction of sp³-hybridized carbons (Fsp3) is 0.300. The van der Waals surface area contributed by atoms with Crippen molar-refractivity contribution in [2.75, 3.05) is 0 Å². The minimum atomic E-state index is -0.686. The molecule has 0 heterocycles. The summed E-state index contributed by atoms with van der Waals surface area (Å²) in [6, 6.07) is 5.90. The first-order chi connectivity index (χ1) is 6.59. The van der Waals surface area contributed by atoms with Gasteiger partial charge in [-0.05, 0) is 61.9 Å². The lowest BCUT2D eigenvalue weighted by Crippen LogP contribution is -1.98. The molecule has 1 fully saturated rings. The van der Waals surface area contributed by atoms with Crippen LogP contribution in [0.2, 0.25) is 0 Å². The Labute approximate surface area is 98.6 Å². The molecule has 0 aliphatic heterocycles. The molecular weight excluding hydrogens is 312 g/mol. The minimum absolute atomic E-state index is 0.178. The fourth-order valence-corrected chi connectivity index (χ4v) is 2.22. The molecule has 0 spiro atoms. The van der Waals surface area contributed by atoms with Crippen LogP contribution < -0.4 is 0 Å². The van der Waals surface area contributed by atoms with Gasteiger partial charge < -0.3 is 5.11 Å². The third kappa shape index (κ3) is 1.86. The summed E-state index contributed by atoms with van der Waals surface area (Å²) in [5.41, 5.74) is 1.10. The van der Waals surface area contributed by atoms with E-state index in [0.717, 1.165) is 20.9 Å². The number of aliphatic carboxylic acids is 1. The summed E-state index contributed by atoms with van der Waals surface area (Å²) in [5, 5.41) is 8.79. The van der Waals surface area contributed by atoms with E-state index in [2.05, 4.69) is 31.9 Å². The summed E-state index contributed by atoms with van der Waals surface area (Å²) < 4.78 is 1.97. The number of hydrogen-bond acceptors (Lipinski definition) is 1. The first kappa shape index (κ1) is 10.2. The largest absolute Gasteiger partial charge is 0.481 e. The van der Waals surface area contributed by atoms with Crippen molar-refractivity contribution in [3.05, 3.63) is 32.7 Å². The molecule has 1 N–H and O–H groups in total. The van der Waals surface area contributed by atoms with E-state index in [1.807, 2.05) is 18.2 Å². The predicted octanol–water partition coefficient (Wildman–Crippen LogP) is 3.40. The average Bonchev–Trinajstić information content (AvgIpc) is 2.89. The second kappa shape index (κ2) is 3.66. The standard InChI is InChI=1S/C10H8Br2O2/c11-8-2-1-5(3-9(8)12)6-4-7(6)10(13)14/h1-3,6-7H,4H2,(H,13,14). The van der Waals surface area contributed by atoms with Crippen LogP contribution in [0, 0.1) is 5.92 Å². The van der Waals surface area contributed by atoms with Crippen LogP contribution in [-0.4, -0.2) is 11.1 Å². The smallest absolute Gasteiger partial charge is 0.307 e. The lowest BCUT2D eigenvalue weighted by Gasteiger charge is -2.01. The number of rotatable bonds is 2. The number of halogens is 2. The molecule has 0 amide bonds. The van der Waals surface area contributed by atoms with E-state index in [0.29, 0.717) is 0 Å². The number of carboxylic acids is 1. The van der Waals surface area contributed by atoms with Crippen LogP contribution in [-0.2, 0) is 4.79 Å². The van der Waals surface area contributed by atoms with E-state index in [9.17, 15) is 4.79 Å². The molecule has 1 saturated carbocycles. The highest BCUT2D eigenvalue weighted by Crippen LogP contribution is 2.48. The van der Waals surface area contributed by atoms with Gasteiger partial charge in [0.25, 0.3) is 0 Å². The molecule has 74 valence electrons. The maximum absolute atomic E-state index is 10.7. The molecule has 2 atom stereocenters. The van der Waals surface area contributed by atoms with Gasteiger partial charge in [-0.25, -0.2) is 0 Å². The molecule has 0 saturated heterocycles. The predicted molar refractivity (Wildman–Crippen MR) is 60.3 cm³/mol. The molecule has 0 bridgehead atoms. The summed E-state index contributed by atoms with van der Waals surface area (Å²) in [6.45, 7) is 0. The van der Waals surface area contributed by atoms with Gasteiger partial charge in [0.15, 0.2) is 0 Å². The van der Waals surface area contributed by atoms with Crippen LogP contribution >= 0.6 is 31.9 Å². The van der Waals surface area contributed by atoms with Gasteiger partial charge in [-0.1, -0.05) is 6.07 Å². The van der Waals surface area contributed by atoms with E-state index < -0.39 is 5.97 Å². The monoisotopic (exact) mass is 318 g/mol. The normalized spacial score (nSPS) is 24.7. The Morgan fingerprint density at radius 1 is 1.36 bits per heavy atom. The summed E-state index contributed by atoms with van der Waals surface area (Å²) in [7, 11) is 0. The molecule has 1 aliphatic rings. The zero-order valence-corrected chi connectivity index (χ0v) is 10.4. The van der Waals surface area contributed by atoms with Gasteiger partial charge in [0.1, 0.15) is 0 Å². The zero-order chi connectivity index (χ0) is 10.3. The lowest BCUT2D eigenvalue weighted by atomic mass is 10.1. The van der Waals surface area contributed by atoms with Crippen molar-refractivity contribution in [2.24, 2.45) is 5.92 Å². The van der Waals surface area contributed by atoms with Gasteiger partial charge in [-0.2, -0.15) is 0 Å². The molecule has 0 aromatic heterocycles. The molecule has 0 radical (unpaired) electrons. The summed E-state index contributed by atoms with van der Waals surface area (Å²) in [4.78, 5) is 10.7. The molecule has 1 aromatic rings. The van der Waals surface area contributed by atoms with Gasteiger partial charge in [-0.3, -0.25) is 4.79 Å². The van der Waals surface area contributed by atoms with Crippen LogP contribution in [0.25, 0.3) is 0 Å². The van der Waals surface area contributed by atoms with Crippen molar-refractivity contribution in [1.82, 2.24) is 0 Å². The van der Waals surface area contributed by atoms with E-state index in [4.69, 9.17) is 5.11 Å². The van der Waals surface area contributed by atoms with Gasteiger partial charge in [-0.15, -0.1) is 0 Å². The first-order valence-corrected chi connectivity index (χ1v) is 5.86. The average molecular weight is 320 g/mol. The van der Waals surface area contributed by atoms with Gasteiger partial charge in [0.05, 0.1) is 5.92 Å². The summed E-state index contributed by atoms with van der Waals surface area (Å²) in [5.74, 6) is -0.658. The quantitative estimate of drug-likeness (QED) is 0.907. The zero-order valence-electron chi connectivity index (χ0n) is 7.21. The summed E-state index contributed by atoms with van der Waals surface area (Å²) >= 11 is 6.78. The van der Waals surface area contributed by atoms with Crippen molar-refractivity contribution >= 4 is 37.8 Å². The van der Waals surface area contributed by atoms with Crippen LogP contribution in [0.5, 0.6) is 0 Å². The Kier molecular flexibility index (Phi) is 2.66. The number of carboxylic acid groups (broad SMARTS) is 1. The van der Waals surface area contributed by atoms with Gasteiger partial charge in [0.2, 0.25) is 0 Å². The SMILES string of the molecule is O=C(O)C1CC1c1ccc(Br)c(Br)c1. The maximum Gasteiger partial charge on any atom is 0.307 e. The van der Waals surface area contributed by atoms with Gasteiger partial charge in [0, 0.05) is 8.95 Å². The second-order valence-electron chi connectivity index (χ2n) is 3.46. The maximum atomic E-state index is 10.7. The molecule has 1 aromatic carbocycles. The highest BCUT2D eigenvalue weighted by molar-refractivity contribution is 9.13. The Hall–Kier alpha value is -0.350. The summed E-state index contributed by atoms with van der Waals surface area (Å²) in [6.07, 6.45) is 0.767. The fourth-order valence-electron chi connectivity index (χ4n) is 1.58. The van der Waals surface area contributed by atoms with E-state index in [1.165, 1.54) is 0 Å². The van der Waals surface area contributed by atoms with Crippen LogP contribution in [0.3, 0.4) is 0 Å².